The lowest BCUT2D eigenvalue weighted by Gasteiger charge is -2.25. The highest BCUT2D eigenvalue weighted by Gasteiger charge is 2.27. The van der Waals surface area contributed by atoms with Crippen LogP contribution < -0.4 is 0 Å². The van der Waals surface area contributed by atoms with Gasteiger partial charge >= 0.3 is 0 Å². The van der Waals surface area contributed by atoms with Crippen molar-refractivity contribution in [1.29, 1.82) is 0 Å². The number of aromatic nitrogens is 4. The third-order valence-corrected chi connectivity index (χ3v) is 18.0. The molecule has 4 aromatic heterocycles. The van der Waals surface area contributed by atoms with Crippen LogP contribution in [0, 0.1) is 55.4 Å². The molecular formula is C82H120N4. The molecule has 0 radical (unpaired) electrons. The van der Waals surface area contributed by atoms with Crippen LogP contribution in [-0.2, 0) is 73.0 Å². The number of aryl methyl sites for hydroxylation is 12. The first-order valence-corrected chi connectivity index (χ1v) is 34.2. The number of rotatable bonds is 0. The number of benzene rings is 4. The van der Waals surface area contributed by atoms with Crippen LogP contribution in [0.15, 0.2) is 48.5 Å². The first-order chi connectivity index (χ1) is 40.5. The molecule has 0 atom stereocenters. The largest absolute Gasteiger partial charge is 0.253 e. The maximum atomic E-state index is 4.86. The van der Waals surface area contributed by atoms with E-state index in [4.69, 9.17) is 19.9 Å². The van der Waals surface area contributed by atoms with E-state index >= 15 is 0 Å². The molecule has 0 saturated carbocycles. The van der Waals surface area contributed by atoms with Crippen molar-refractivity contribution in [2.75, 3.05) is 0 Å². The Labute approximate surface area is 526 Å². The molecule has 12 rings (SSSR count). The van der Waals surface area contributed by atoms with Crippen molar-refractivity contribution in [3.05, 3.63) is 160 Å². The summed E-state index contributed by atoms with van der Waals surface area (Å²) in [5.41, 5.74) is 34.1. The van der Waals surface area contributed by atoms with Gasteiger partial charge in [0.25, 0.3) is 0 Å². The zero-order chi connectivity index (χ0) is 64.6. The molecule has 4 aromatic carbocycles. The molecule has 4 nitrogen and oxygen atoms in total. The van der Waals surface area contributed by atoms with Crippen molar-refractivity contribution < 1.29 is 0 Å². The summed E-state index contributed by atoms with van der Waals surface area (Å²) >= 11 is 0. The van der Waals surface area contributed by atoms with E-state index in [0.717, 1.165) is 22.8 Å². The molecule has 8 aromatic rings. The molecule has 4 aliphatic carbocycles. The molecule has 0 amide bonds. The summed E-state index contributed by atoms with van der Waals surface area (Å²) < 4.78 is 0. The van der Waals surface area contributed by atoms with Gasteiger partial charge in [-0.1, -0.05) is 138 Å². The highest BCUT2D eigenvalue weighted by Crippen LogP contribution is 2.41. The lowest BCUT2D eigenvalue weighted by molar-refractivity contribution is 0.594. The maximum absolute atomic E-state index is 4.86. The first-order valence-electron chi connectivity index (χ1n) is 34.2. The quantitative estimate of drug-likeness (QED) is 0.152. The summed E-state index contributed by atoms with van der Waals surface area (Å²) in [7, 11) is 0. The minimum Gasteiger partial charge on any atom is -0.253 e. The Balaban J connectivity index is 0.000000201. The van der Waals surface area contributed by atoms with E-state index in [1.807, 2.05) is 55.4 Å². The Bertz CT molecular complexity index is 3390. The molecule has 4 heteroatoms. The van der Waals surface area contributed by atoms with E-state index in [0.29, 0.717) is 0 Å². The number of hydrogen-bond donors (Lipinski definition) is 0. The normalized spacial score (nSPS) is 14.1. The number of pyridine rings is 4. The average molecular weight is 1160 g/mol. The molecular weight excluding hydrogens is 1040 g/mol. The fourth-order valence-electron chi connectivity index (χ4n) is 14.0. The predicted molar refractivity (Wildman–Crippen MR) is 382 cm³/mol. The third kappa shape index (κ3) is 15.9. The van der Waals surface area contributed by atoms with Gasteiger partial charge in [0.1, 0.15) is 0 Å². The van der Waals surface area contributed by atoms with Crippen molar-refractivity contribution >= 4 is 43.6 Å². The van der Waals surface area contributed by atoms with Gasteiger partial charge in [0, 0.05) is 44.3 Å². The van der Waals surface area contributed by atoms with Crippen LogP contribution in [0.3, 0.4) is 0 Å². The van der Waals surface area contributed by atoms with E-state index in [-0.39, 0.29) is 21.7 Å². The van der Waals surface area contributed by atoms with Crippen molar-refractivity contribution in [1.82, 2.24) is 19.9 Å². The molecule has 0 unspecified atom stereocenters. The zero-order valence-electron chi connectivity index (χ0n) is 60.3. The van der Waals surface area contributed by atoms with E-state index in [2.05, 4.69) is 187 Å². The number of hydrogen-bond acceptors (Lipinski definition) is 4. The summed E-state index contributed by atoms with van der Waals surface area (Å²) in [4.78, 5) is 19.4. The smallest absolute Gasteiger partial charge is 0.0740 e. The third-order valence-electron chi connectivity index (χ3n) is 18.0. The van der Waals surface area contributed by atoms with Crippen molar-refractivity contribution in [3.8, 4) is 0 Å². The maximum Gasteiger partial charge on any atom is 0.0740 e. The molecule has 468 valence electrons. The van der Waals surface area contributed by atoms with E-state index in [1.165, 1.54) is 178 Å². The topological polar surface area (TPSA) is 51.6 Å². The van der Waals surface area contributed by atoms with Gasteiger partial charge in [-0.05, 0) is 304 Å². The molecule has 0 N–H and O–H groups in total. The number of fused-ring (bicyclic) bond motifs is 8. The fraction of sp³-hybridized carbons (Fsp3) is 0.561. The molecule has 0 fully saturated rings. The molecule has 0 saturated heterocycles. The molecule has 86 heavy (non-hydrogen) atoms. The summed E-state index contributed by atoms with van der Waals surface area (Å²) in [5.74, 6) is 0. The second-order valence-corrected chi connectivity index (χ2v) is 28.5. The summed E-state index contributed by atoms with van der Waals surface area (Å²) in [5, 5.41) is 5.50. The average Bonchev–Trinajstić information content (AvgIpc) is 1.68. The Morgan fingerprint density at radius 3 is 0.616 bits per heavy atom. The molecule has 4 heterocycles. The van der Waals surface area contributed by atoms with Crippen molar-refractivity contribution in [2.24, 2.45) is 0 Å². The second-order valence-electron chi connectivity index (χ2n) is 28.5. The van der Waals surface area contributed by atoms with Crippen LogP contribution >= 0.6 is 0 Å². The molecule has 0 aliphatic heterocycles. The van der Waals surface area contributed by atoms with Gasteiger partial charge in [-0.2, -0.15) is 0 Å². The fourth-order valence-corrected chi connectivity index (χ4v) is 14.0. The standard InChI is InChI=1S/2C19H25N.2C18H23N.4C2H6/c2*1-12-10-17(19(3,4)5)16-11-14-8-6-7-9-15(14)13(2)18(16)20-12;2*1-11-9-16(18(3,4)5)15-10-13-7-6-8-14(13)12(2)17(15)19-11;4*1-2/h2*10-11H,6-9H2,1-5H3;2*9-10H,6-8H2,1-5H3;4*1-2H3. The first kappa shape index (κ1) is 71.3. The van der Waals surface area contributed by atoms with E-state index < -0.39 is 0 Å². The molecule has 0 spiro atoms. The van der Waals surface area contributed by atoms with E-state index in [1.54, 1.807) is 44.5 Å². The Kier molecular flexibility index (Phi) is 24.6. The zero-order valence-corrected chi connectivity index (χ0v) is 60.3. The van der Waals surface area contributed by atoms with Crippen molar-refractivity contribution in [3.63, 3.8) is 0 Å². The molecule has 0 bridgehead atoms. The predicted octanol–water partition coefficient (Wildman–Crippen LogP) is 23.4. The minimum atomic E-state index is 0.168. The summed E-state index contributed by atoms with van der Waals surface area (Å²) in [6.07, 6.45) is 17.8. The van der Waals surface area contributed by atoms with E-state index in [9.17, 15) is 0 Å². The van der Waals surface area contributed by atoms with Gasteiger partial charge in [0.2, 0.25) is 0 Å². The Hall–Kier alpha value is -5.48. The summed E-state index contributed by atoms with van der Waals surface area (Å²) in [6.45, 7) is 61.1. The van der Waals surface area contributed by atoms with Crippen LogP contribution in [0.4, 0.5) is 0 Å². The van der Waals surface area contributed by atoms with Gasteiger partial charge in [0.15, 0.2) is 0 Å². The minimum absolute atomic E-state index is 0.168. The van der Waals surface area contributed by atoms with Crippen LogP contribution in [0.5, 0.6) is 0 Å². The van der Waals surface area contributed by atoms with Crippen molar-refractivity contribution in [2.45, 2.75) is 305 Å². The Morgan fingerprint density at radius 2 is 0.419 bits per heavy atom. The lowest BCUT2D eigenvalue weighted by atomic mass is 9.80. The highest BCUT2D eigenvalue weighted by atomic mass is 14.7. The van der Waals surface area contributed by atoms with Gasteiger partial charge in [0.05, 0.1) is 22.1 Å². The lowest BCUT2D eigenvalue weighted by Crippen LogP contribution is -2.14. The van der Waals surface area contributed by atoms with Crippen LogP contribution in [-0.4, -0.2) is 19.9 Å². The van der Waals surface area contributed by atoms with Crippen LogP contribution in [0.25, 0.3) is 43.6 Å². The Morgan fingerprint density at radius 1 is 0.244 bits per heavy atom. The summed E-state index contributed by atoms with van der Waals surface area (Å²) in [6, 6.07) is 18.8. The van der Waals surface area contributed by atoms with Gasteiger partial charge in [-0.15, -0.1) is 0 Å². The SMILES string of the molecule is CC.CC.CC.CC.Cc1cc(C(C)(C)C)c2cc3c(c(C)c2n1)CCC3.Cc1cc(C(C)(C)C)c2cc3c(c(C)c2n1)CCC3.Cc1cc(C(C)(C)C)c2cc3c(c(C)c2n1)CCCC3.Cc1cc(C(C)(C)C)c2cc3c(c(C)c2n1)CCCC3. The molecule has 4 aliphatic rings. The van der Waals surface area contributed by atoms with Gasteiger partial charge in [-0.25, -0.2) is 0 Å². The van der Waals surface area contributed by atoms with Gasteiger partial charge < -0.3 is 0 Å². The van der Waals surface area contributed by atoms with Crippen LogP contribution in [0.2, 0.25) is 0 Å². The van der Waals surface area contributed by atoms with Gasteiger partial charge in [-0.3, -0.25) is 19.9 Å². The monoisotopic (exact) mass is 1160 g/mol. The van der Waals surface area contributed by atoms with Crippen LogP contribution in [0.1, 0.15) is 289 Å². The highest BCUT2D eigenvalue weighted by molar-refractivity contribution is 5.91. The second kappa shape index (κ2) is 29.7. The number of nitrogens with zero attached hydrogens (tertiary/aromatic N) is 4.